The van der Waals surface area contributed by atoms with Crippen LogP contribution in [0.5, 0.6) is 0 Å². The normalized spacial score (nSPS) is 16.2. The summed E-state index contributed by atoms with van der Waals surface area (Å²) in [7, 11) is 0. The molecule has 1 atom stereocenters. The molecule has 2 aromatic heterocycles. The lowest BCUT2D eigenvalue weighted by molar-refractivity contribution is 0.218. The fourth-order valence-corrected chi connectivity index (χ4v) is 3.14. The fourth-order valence-electron chi connectivity index (χ4n) is 2.34. The number of alkyl halides is 2. The molecule has 1 aliphatic carbocycles. The van der Waals surface area contributed by atoms with Gasteiger partial charge in [0.05, 0.1) is 11.3 Å². The van der Waals surface area contributed by atoms with Crippen LogP contribution in [0.1, 0.15) is 18.6 Å². The van der Waals surface area contributed by atoms with Crippen LogP contribution in [-0.4, -0.2) is 26.3 Å². The highest BCUT2D eigenvalue weighted by molar-refractivity contribution is 6.44. The van der Waals surface area contributed by atoms with Gasteiger partial charge in [-0.15, -0.1) is 23.2 Å². The monoisotopic (exact) mass is 419 g/mol. The number of halogens is 4. The van der Waals surface area contributed by atoms with Crippen molar-refractivity contribution in [3.05, 3.63) is 46.3 Å². The van der Waals surface area contributed by atoms with Gasteiger partial charge < -0.3 is 14.9 Å². The van der Waals surface area contributed by atoms with Gasteiger partial charge in [-0.3, -0.25) is 4.98 Å². The molecule has 1 unspecified atom stereocenters. The van der Waals surface area contributed by atoms with Crippen LogP contribution in [0.15, 0.2) is 45.1 Å². The van der Waals surface area contributed by atoms with Crippen molar-refractivity contribution >= 4 is 57.7 Å². The number of aliphatic hydroxyl groups excluding tert-OH is 1. The molecule has 0 saturated heterocycles. The highest BCUT2D eigenvalue weighted by atomic mass is 35.5. The average Bonchev–Trinajstić information content (AvgIpc) is 3.04. The van der Waals surface area contributed by atoms with Gasteiger partial charge in [-0.2, -0.15) is 0 Å². The van der Waals surface area contributed by atoms with Crippen molar-refractivity contribution in [2.75, 3.05) is 5.32 Å². The Morgan fingerprint density at radius 1 is 1.20 bits per heavy atom. The maximum absolute atomic E-state index is 9.70. The minimum atomic E-state index is -1.11. The molecule has 0 bridgehead atoms. The molecule has 0 fully saturated rings. The van der Waals surface area contributed by atoms with Gasteiger partial charge >= 0.3 is 0 Å². The van der Waals surface area contributed by atoms with E-state index in [4.69, 9.17) is 50.9 Å². The number of hydrogen-bond donors (Lipinski definition) is 2. The SMILES string of the molecule is OC(Nc1ccnc(-c2cc(C3=C(Cl)CCC=C3Cl)on2)c1)C(Cl)Cl. The second kappa shape index (κ2) is 7.98. The predicted octanol–water partition coefficient (Wildman–Crippen LogP) is 5.14. The zero-order chi connectivity index (χ0) is 18.0. The van der Waals surface area contributed by atoms with Crippen LogP contribution in [0.3, 0.4) is 0 Å². The van der Waals surface area contributed by atoms with E-state index in [1.54, 1.807) is 24.4 Å². The Morgan fingerprint density at radius 2 is 2.00 bits per heavy atom. The van der Waals surface area contributed by atoms with Crippen molar-refractivity contribution in [3.63, 3.8) is 0 Å². The maximum Gasteiger partial charge on any atom is 0.170 e. The van der Waals surface area contributed by atoms with Crippen molar-refractivity contribution < 1.29 is 9.63 Å². The van der Waals surface area contributed by atoms with E-state index in [1.165, 1.54) is 0 Å². The van der Waals surface area contributed by atoms with Crippen LogP contribution in [-0.2, 0) is 0 Å². The first-order chi connectivity index (χ1) is 12.0. The third-order valence-electron chi connectivity index (χ3n) is 3.53. The minimum Gasteiger partial charge on any atom is -0.371 e. The third kappa shape index (κ3) is 4.30. The quantitative estimate of drug-likeness (QED) is 0.517. The van der Waals surface area contributed by atoms with Gasteiger partial charge in [0.2, 0.25) is 0 Å². The molecule has 0 aliphatic heterocycles. The molecule has 0 aromatic carbocycles. The first-order valence-corrected chi connectivity index (χ1v) is 8.99. The number of nitrogens with one attached hydrogen (secondary N) is 1. The molecule has 2 heterocycles. The summed E-state index contributed by atoms with van der Waals surface area (Å²) in [6.07, 6.45) is 3.85. The van der Waals surface area contributed by atoms with Gasteiger partial charge in [-0.25, -0.2) is 0 Å². The summed E-state index contributed by atoms with van der Waals surface area (Å²) in [4.78, 5) is 3.28. The summed E-state index contributed by atoms with van der Waals surface area (Å²) >= 11 is 23.8. The Hall–Kier alpha value is -1.24. The number of hydrogen-bond acceptors (Lipinski definition) is 5. The standard InChI is InChI=1S/C16H13Cl4N3O2/c17-9-2-1-3-10(18)14(9)13-7-12(23-25-13)11-6-8(4-5-21-11)22-16(24)15(19)20/h2,4-7,15-16,24H,1,3H2,(H,21,22). The number of anilines is 1. The molecule has 25 heavy (non-hydrogen) atoms. The van der Waals surface area contributed by atoms with E-state index in [2.05, 4.69) is 15.5 Å². The van der Waals surface area contributed by atoms with Crippen molar-refractivity contribution in [2.45, 2.75) is 23.9 Å². The number of pyridine rings is 1. The molecular formula is C16H13Cl4N3O2. The Bertz CT molecular complexity index is 832. The number of aromatic nitrogens is 2. The van der Waals surface area contributed by atoms with E-state index >= 15 is 0 Å². The van der Waals surface area contributed by atoms with Crippen LogP contribution in [0, 0.1) is 0 Å². The predicted molar refractivity (Wildman–Crippen MR) is 101 cm³/mol. The summed E-state index contributed by atoms with van der Waals surface area (Å²) in [6, 6.07) is 5.08. The molecule has 3 rings (SSSR count). The third-order valence-corrected chi connectivity index (χ3v) is 4.73. The van der Waals surface area contributed by atoms with Crippen LogP contribution < -0.4 is 5.32 Å². The highest BCUT2D eigenvalue weighted by Crippen LogP contribution is 2.38. The van der Waals surface area contributed by atoms with Crippen LogP contribution in [0.25, 0.3) is 17.0 Å². The van der Waals surface area contributed by atoms with Crippen LogP contribution >= 0.6 is 46.4 Å². The largest absolute Gasteiger partial charge is 0.371 e. The van der Waals surface area contributed by atoms with E-state index in [0.717, 1.165) is 6.42 Å². The second-order valence-electron chi connectivity index (χ2n) is 5.30. The molecule has 2 N–H and O–H groups in total. The van der Waals surface area contributed by atoms with E-state index in [-0.39, 0.29) is 0 Å². The molecule has 0 spiro atoms. The zero-order valence-corrected chi connectivity index (χ0v) is 15.7. The zero-order valence-electron chi connectivity index (χ0n) is 12.7. The van der Waals surface area contributed by atoms with Crippen LogP contribution in [0.2, 0.25) is 0 Å². The Balaban J connectivity index is 1.87. The highest BCUT2D eigenvalue weighted by Gasteiger charge is 2.20. The lowest BCUT2D eigenvalue weighted by Gasteiger charge is -2.14. The smallest absolute Gasteiger partial charge is 0.170 e. The topological polar surface area (TPSA) is 71.2 Å². The lowest BCUT2D eigenvalue weighted by atomic mass is 10.0. The number of allylic oxidation sites excluding steroid dienone is 4. The summed E-state index contributed by atoms with van der Waals surface area (Å²) in [5.74, 6) is 0.475. The molecule has 9 heteroatoms. The first-order valence-electron chi connectivity index (χ1n) is 7.36. The maximum atomic E-state index is 9.70. The molecular weight excluding hydrogens is 408 g/mol. The Labute approximate surface area is 164 Å². The van der Waals surface area contributed by atoms with Gasteiger partial charge in [-0.1, -0.05) is 34.4 Å². The molecule has 0 radical (unpaired) electrons. The molecule has 5 nitrogen and oxygen atoms in total. The molecule has 2 aromatic rings. The van der Waals surface area contributed by atoms with Crippen molar-refractivity contribution in [1.82, 2.24) is 10.1 Å². The van der Waals surface area contributed by atoms with E-state index < -0.39 is 11.1 Å². The number of rotatable bonds is 5. The summed E-state index contributed by atoms with van der Waals surface area (Å²) in [6.45, 7) is 0. The van der Waals surface area contributed by atoms with Gasteiger partial charge in [0.25, 0.3) is 0 Å². The van der Waals surface area contributed by atoms with Crippen molar-refractivity contribution in [2.24, 2.45) is 0 Å². The molecule has 132 valence electrons. The number of aliphatic hydroxyl groups is 1. The lowest BCUT2D eigenvalue weighted by Crippen LogP contribution is -2.25. The molecule has 1 aliphatic rings. The molecule has 0 amide bonds. The Morgan fingerprint density at radius 3 is 2.72 bits per heavy atom. The van der Waals surface area contributed by atoms with E-state index in [1.807, 2.05) is 6.08 Å². The van der Waals surface area contributed by atoms with Gasteiger partial charge in [0.15, 0.2) is 16.8 Å². The summed E-state index contributed by atoms with van der Waals surface area (Å²) in [5.41, 5.74) is 2.28. The van der Waals surface area contributed by atoms with Crippen molar-refractivity contribution in [3.8, 4) is 11.4 Å². The van der Waals surface area contributed by atoms with Gasteiger partial charge in [0.1, 0.15) is 5.69 Å². The summed E-state index contributed by atoms with van der Waals surface area (Å²) < 4.78 is 5.39. The minimum absolute atomic E-state index is 0.475. The van der Waals surface area contributed by atoms with Crippen LogP contribution in [0.4, 0.5) is 5.69 Å². The average molecular weight is 421 g/mol. The fraction of sp³-hybridized carbons (Fsp3) is 0.250. The number of nitrogens with zero attached hydrogens (tertiary/aromatic N) is 2. The van der Waals surface area contributed by atoms with Gasteiger partial charge in [0, 0.05) is 28.0 Å². The molecule has 0 saturated carbocycles. The van der Waals surface area contributed by atoms with Gasteiger partial charge in [-0.05, 0) is 25.0 Å². The first kappa shape index (κ1) is 18.5. The van der Waals surface area contributed by atoms with E-state index in [0.29, 0.717) is 44.9 Å². The second-order valence-corrected chi connectivity index (χ2v) is 7.33. The van der Waals surface area contributed by atoms with Crippen molar-refractivity contribution in [1.29, 1.82) is 0 Å². The summed E-state index contributed by atoms with van der Waals surface area (Å²) in [5, 5.41) is 17.7. The Kier molecular flexibility index (Phi) is 5.92. The van der Waals surface area contributed by atoms with E-state index in [9.17, 15) is 5.11 Å².